The molecule has 0 unspecified atom stereocenters. The van der Waals surface area contributed by atoms with Crippen LogP contribution >= 0.6 is 11.6 Å². The third-order valence-corrected chi connectivity index (χ3v) is 4.78. The summed E-state index contributed by atoms with van der Waals surface area (Å²) >= 11 is 5.98. The summed E-state index contributed by atoms with van der Waals surface area (Å²) in [5.41, 5.74) is 2.59. The Kier molecular flexibility index (Phi) is 6.05. The first-order valence-electron chi connectivity index (χ1n) is 8.65. The maximum Gasteiger partial charge on any atom is 0.228 e. The van der Waals surface area contributed by atoms with Crippen molar-refractivity contribution in [2.45, 2.75) is 32.2 Å². The lowest BCUT2D eigenvalue weighted by atomic mass is 10.1. The average molecular weight is 361 g/mol. The van der Waals surface area contributed by atoms with Crippen LogP contribution in [0.15, 0.2) is 42.5 Å². The molecule has 1 amide bonds. The molecular formula is C20H22ClFN2O. The standard InChI is InChI=1S/C20H22ClFN2O/c21-19-13-17(22)8-7-16(19)12-20(25)23-18-6-4-5-15(11-18)14-24-9-2-1-3-10-24/h4-8,11,13H,1-3,9-10,12,14H2,(H,23,25). The Morgan fingerprint density at radius 2 is 1.92 bits per heavy atom. The fourth-order valence-electron chi connectivity index (χ4n) is 3.17. The molecule has 5 heteroatoms. The molecule has 1 aliphatic rings. The SMILES string of the molecule is O=C(Cc1ccc(F)cc1Cl)Nc1cccc(CN2CCCCC2)c1. The number of amides is 1. The minimum atomic E-state index is -0.403. The van der Waals surface area contributed by atoms with Crippen molar-refractivity contribution in [3.8, 4) is 0 Å². The van der Waals surface area contributed by atoms with E-state index in [4.69, 9.17) is 11.6 Å². The highest BCUT2D eigenvalue weighted by Gasteiger charge is 2.12. The molecule has 2 aromatic rings. The Morgan fingerprint density at radius 3 is 2.68 bits per heavy atom. The molecule has 0 aliphatic carbocycles. The zero-order chi connectivity index (χ0) is 17.6. The molecule has 0 atom stereocenters. The van der Waals surface area contributed by atoms with E-state index in [-0.39, 0.29) is 17.4 Å². The van der Waals surface area contributed by atoms with E-state index in [0.717, 1.165) is 25.3 Å². The zero-order valence-electron chi connectivity index (χ0n) is 14.1. The fraction of sp³-hybridized carbons (Fsp3) is 0.350. The molecule has 0 aromatic heterocycles. The summed E-state index contributed by atoms with van der Waals surface area (Å²) in [6.07, 6.45) is 3.96. The van der Waals surface area contributed by atoms with Crippen LogP contribution in [0.1, 0.15) is 30.4 Å². The van der Waals surface area contributed by atoms with E-state index in [1.54, 1.807) is 6.07 Å². The predicted octanol–water partition coefficient (Wildman–Crippen LogP) is 4.65. The highest BCUT2D eigenvalue weighted by atomic mass is 35.5. The van der Waals surface area contributed by atoms with Gasteiger partial charge in [0.1, 0.15) is 5.82 Å². The number of likely N-dealkylation sites (tertiary alicyclic amines) is 1. The van der Waals surface area contributed by atoms with Gasteiger partial charge in [-0.3, -0.25) is 9.69 Å². The molecule has 25 heavy (non-hydrogen) atoms. The lowest BCUT2D eigenvalue weighted by Crippen LogP contribution is -2.29. The topological polar surface area (TPSA) is 32.3 Å². The minimum absolute atomic E-state index is 0.121. The van der Waals surface area contributed by atoms with Gasteiger partial charge in [-0.25, -0.2) is 4.39 Å². The monoisotopic (exact) mass is 360 g/mol. The van der Waals surface area contributed by atoms with E-state index in [0.29, 0.717) is 5.56 Å². The van der Waals surface area contributed by atoms with Crippen molar-refractivity contribution < 1.29 is 9.18 Å². The Morgan fingerprint density at radius 1 is 1.12 bits per heavy atom. The maximum absolute atomic E-state index is 13.1. The molecule has 1 N–H and O–H groups in total. The quantitative estimate of drug-likeness (QED) is 0.842. The van der Waals surface area contributed by atoms with Crippen molar-refractivity contribution in [1.82, 2.24) is 4.90 Å². The van der Waals surface area contributed by atoms with E-state index in [2.05, 4.69) is 16.3 Å². The second-order valence-corrected chi connectivity index (χ2v) is 6.91. The summed E-state index contributed by atoms with van der Waals surface area (Å²) < 4.78 is 13.1. The zero-order valence-corrected chi connectivity index (χ0v) is 14.9. The highest BCUT2D eigenvalue weighted by molar-refractivity contribution is 6.31. The van der Waals surface area contributed by atoms with E-state index in [9.17, 15) is 9.18 Å². The molecule has 1 fully saturated rings. The minimum Gasteiger partial charge on any atom is -0.326 e. The molecule has 0 radical (unpaired) electrons. The normalized spacial score (nSPS) is 15.1. The molecule has 1 heterocycles. The van der Waals surface area contributed by atoms with Gasteiger partial charge in [-0.1, -0.05) is 36.2 Å². The number of hydrogen-bond acceptors (Lipinski definition) is 2. The van der Waals surface area contributed by atoms with Crippen molar-refractivity contribution in [2.75, 3.05) is 18.4 Å². The van der Waals surface area contributed by atoms with Crippen molar-refractivity contribution in [3.63, 3.8) is 0 Å². The number of nitrogens with one attached hydrogen (secondary N) is 1. The van der Waals surface area contributed by atoms with E-state index in [1.165, 1.54) is 37.0 Å². The summed E-state index contributed by atoms with van der Waals surface area (Å²) in [6, 6.07) is 12.0. The number of halogens is 2. The summed E-state index contributed by atoms with van der Waals surface area (Å²) in [6.45, 7) is 3.19. The van der Waals surface area contributed by atoms with Crippen LogP contribution in [0.2, 0.25) is 5.02 Å². The van der Waals surface area contributed by atoms with Gasteiger partial charge in [0.05, 0.1) is 6.42 Å². The van der Waals surface area contributed by atoms with Crippen LogP contribution in [-0.2, 0) is 17.8 Å². The van der Waals surface area contributed by atoms with Crippen LogP contribution < -0.4 is 5.32 Å². The molecule has 0 saturated carbocycles. The van der Waals surface area contributed by atoms with Crippen molar-refractivity contribution in [3.05, 3.63) is 64.4 Å². The Bertz CT molecular complexity index is 744. The van der Waals surface area contributed by atoms with Gasteiger partial charge in [0, 0.05) is 17.3 Å². The molecule has 132 valence electrons. The van der Waals surface area contributed by atoms with E-state index in [1.807, 2.05) is 18.2 Å². The second kappa shape index (κ2) is 8.45. The van der Waals surface area contributed by atoms with Crippen LogP contribution in [0.5, 0.6) is 0 Å². The van der Waals surface area contributed by atoms with Gasteiger partial charge in [0.15, 0.2) is 0 Å². The molecule has 1 aliphatic heterocycles. The summed E-state index contributed by atoms with van der Waals surface area (Å²) in [5.74, 6) is -0.566. The van der Waals surface area contributed by atoms with Crippen molar-refractivity contribution in [2.24, 2.45) is 0 Å². The lowest BCUT2D eigenvalue weighted by Gasteiger charge is -2.26. The number of carbonyl (C=O) groups excluding carboxylic acids is 1. The summed E-state index contributed by atoms with van der Waals surface area (Å²) in [7, 11) is 0. The smallest absolute Gasteiger partial charge is 0.228 e. The molecule has 0 bridgehead atoms. The first-order chi connectivity index (χ1) is 12.1. The molecule has 3 rings (SSSR count). The van der Waals surface area contributed by atoms with Gasteiger partial charge in [0.2, 0.25) is 5.91 Å². The lowest BCUT2D eigenvalue weighted by molar-refractivity contribution is -0.115. The summed E-state index contributed by atoms with van der Waals surface area (Å²) in [5, 5.41) is 3.17. The number of carbonyl (C=O) groups is 1. The first kappa shape index (κ1) is 17.9. The molecule has 0 spiro atoms. The van der Waals surface area contributed by atoms with Crippen LogP contribution in [0.4, 0.5) is 10.1 Å². The van der Waals surface area contributed by atoms with E-state index >= 15 is 0 Å². The first-order valence-corrected chi connectivity index (χ1v) is 9.03. The molecule has 2 aromatic carbocycles. The maximum atomic E-state index is 13.1. The molecular weight excluding hydrogens is 339 g/mol. The van der Waals surface area contributed by atoms with E-state index < -0.39 is 5.82 Å². The highest BCUT2D eigenvalue weighted by Crippen LogP contribution is 2.19. The fourth-order valence-corrected chi connectivity index (χ4v) is 3.40. The van der Waals surface area contributed by atoms with Gasteiger partial charge >= 0.3 is 0 Å². The van der Waals surface area contributed by atoms with Gasteiger partial charge in [0.25, 0.3) is 0 Å². The van der Waals surface area contributed by atoms with Crippen LogP contribution in [-0.4, -0.2) is 23.9 Å². The largest absolute Gasteiger partial charge is 0.326 e. The van der Waals surface area contributed by atoms with Gasteiger partial charge in [-0.05, 0) is 61.3 Å². The summed E-state index contributed by atoms with van der Waals surface area (Å²) in [4.78, 5) is 14.7. The average Bonchev–Trinajstić information content (AvgIpc) is 2.59. The molecule has 3 nitrogen and oxygen atoms in total. The second-order valence-electron chi connectivity index (χ2n) is 6.50. The number of rotatable bonds is 5. The van der Waals surface area contributed by atoms with Crippen LogP contribution in [0, 0.1) is 5.82 Å². The van der Waals surface area contributed by atoms with Crippen LogP contribution in [0.25, 0.3) is 0 Å². The third-order valence-electron chi connectivity index (χ3n) is 4.43. The van der Waals surface area contributed by atoms with Gasteiger partial charge < -0.3 is 5.32 Å². The number of nitrogens with zero attached hydrogens (tertiary/aromatic N) is 1. The van der Waals surface area contributed by atoms with Crippen LogP contribution in [0.3, 0.4) is 0 Å². The van der Waals surface area contributed by atoms with Crippen molar-refractivity contribution >= 4 is 23.2 Å². The number of hydrogen-bond donors (Lipinski definition) is 1. The molecule has 1 saturated heterocycles. The van der Waals surface area contributed by atoms with Gasteiger partial charge in [-0.2, -0.15) is 0 Å². The Hall–Kier alpha value is -1.91. The van der Waals surface area contributed by atoms with Gasteiger partial charge in [-0.15, -0.1) is 0 Å². The number of benzene rings is 2. The number of piperidine rings is 1. The predicted molar refractivity (Wildman–Crippen MR) is 99.3 cm³/mol. The third kappa shape index (κ3) is 5.28. The van der Waals surface area contributed by atoms with Crippen molar-refractivity contribution in [1.29, 1.82) is 0 Å². The Labute approximate surface area is 152 Å². The Balaban J connectivity index is 1.60. The number of anilines is 1.